The third kappa shape index (κ3) is 4.63. The van der Waals surface area contributed by atoms with E-state index in [0.717, 1.165) is 0 Å². The Morgan fingerprint density at radius 3 is 2.35 bits per heavy atom. The van der Waals surface area contributed by atoms with Crippen molar-refractivity contribution in [3.63, 3.8) is 0 Å². The summed E-state index contributed by atoms with van der Waals surface area (Å²) in [5.74, 6) is 0.410. The molecular formula is C17H20N2O6S. The zero-order chi connectivity index (χ0) is 19.1. The lowest BCUT2D eigenvalue weighted by Crippen LogP contribution is -2.14. The number of carbonyl (C=O) groups is 2. The smallest absolute Gasteiger partial charge is 0.311 e. The molecule has 26 heavy (non-hydrogen) atoms. The number of carbonyl (C=O) groups excluding carboxylic acids is 2. The molecular weight excluding hydrogens is 360 g/mol. The number of methoxy groups -OCH3 is 3. The first-order valence-corrected chi connectivity index (χ1v) is 8.61. The fourth-order valence-electron chi connectivity index (χ4n) is 2.18. The molecule has 1 aromatic carbocycles. The molecule has 0 aliphatic heterocycles. The number of aromatic nitrogens is 1. The average Bonchev–Trinajstić information content (AvgIpc) is 3.07. The fraction of sp³-hybridized carbons (Fsp3) is 0.353. The summed E-state index contributed by atoms with van der Waals surface area (Å²) < 4.78 is 20.6. The lowest BCUT2D eigenvalue weighted by molar-refractivity contribution is -0.142. The molecule has 1 amide bonds. The average molecular weight is 380 g/mol. The van der Waals surface area contributed by atoms with Crippen molar-refractivity contribution in [3.8, 4) is 17.2 Å². The first-order chi connectivity index (χ1) is 12.5. The van der Waals surface area contributed by atoms with Crippen LogP contribution in [0.4, 0.5) is 5.13 Å². The minimum atomic E-state index is -0.417. The summed E-state index contributed by atoms with van der Waals surface area (Å²) in [7, 11) is 4.44. The van der Waals surface area contributed by atoms with Gasteiger partial charge in [-0.2, -0.15) is 0 Å². The van der Waals surface area contributed by atoms with Crippen LogP contribution < -0.4 is 19.5 Å². The molecule has 1 aromatic heterocycles. The number of nitrogens with zero attached hydrogens (tertiary/aromatic N) is 1. The second-order valence-electron chi connectivity index (χ2n) is 4.99. The second-order valence-corrected chi connectivity index (χ2v) is 5.85. The molecule has 0 atom stereocenters. The highest BCUT2D eigenvalue weighted by Crippen LogP contribution is 2.35. The largest absolute Gasteiger partial charge is 0.496 e. The first kappa shape index (κ1) is 19.5. The summed E-state index contributed by atoms with van der Waals surface area (Å²) in [6, 6.07) is 3.10. The van der Waals surface area contributed by atoms with Crippen molar-refractivity contribution >= 4 is 28.3 Å². The molecule has 1 heterocycles. The van der Waals surface area contributed by atoms with E-state index in [1.807, 2.05) is 0 Å². The van der Waals surface area contributed by atoms with Gasteiger partial charge in [0.05, 0.1) is 45.6 Å². The predicted molar refractivity (Wildman–Crippen MR) is 96.5 cm³/mol. The van der Waals surface area contributed by atoms with Crippen molar-refractivity contribution in [2.45, 2.75) is 13.3 Å². The number of anilines is 1. The van der Waals surface area contributed by atoms with Crippen LogP contribution >= 0.6 is 11.3 Å². The van der Waals surface area contributed by atoms with E-state index in [9.17, 15) is 9.59 Å². The van der Waals surface area contributed by atoms with Gasteiger partial charge >= 0.3 is 5.97 Å². The van der Waals surface area contributed by atoms with Gasteiger partial charge in [-0.05, 0) is 6.92 Å². The molecule has 1 N–H and O–H groups in total. The monoisotopic (exact) mass is 380 g/mol. The Kier molecular flexibility index (Phi) is 6.79. The van der Waals surface area contributed by atoms with E-state index in [2.05, 4.69) is 10.3 Å². The number of ether oxygens (including phenoxy) is 4. The maximum Gasteiger partial charge on any atom is 0.311 e. The summed E-state index contributed by atoms with van der Waals surface area (Å²) in [5.41, 5.74) is 0.801. The Bertz CT molecular complexity index is 790. The minimum Gasteiger partial charge on any atom is -0.496 e. The summed E-state index contributed by atoms with van der Waals surface area (Å²) in [6.07, 6.45) is 0.0554. The summed E-state index contributed by atoms with van der Waals surface area (Å²) >= 11 is 1.22. The number of nitrogens with one attached hydrogen (secondary N) is 1. The Labute approximate surface area is 155 Å². The molecule has 0 unspecified atom stereocenters. The zero-order valence-corrected chi connectivity index (χ0v) is 15.8. The van der Waals surface area contributed by atoms with Crippen LogP contribution in [-0.4, -0.2) is 44.8 Å². The van der Waals surface area contributed by atoms with Crippen LogP contribution in [0.3, 0.4) is 0 Å². The van der Waals surface area contributed by atoms with Crippen LogP contribution in [0.5, 0.6) is 17.2 Å². The highest BCUT2D eigenvalue weighted by Gasteiger charge is 2.19. The summed E-state index contributed by atoms with van der Waals surface area (Å²) in [6.45, 7) is 2.05. The van der Waals surface area contributed by atoms with Crippen molar-refractivity contribution < 1.29 is 28.5 Å². The predicted octanol–water partition coefficient (Wildman–Crippen LogP) is 2.53. The van der Waals surface area contributed by atoms with Crippen LogP contribution in [0, 0.1) is 0 Å². The van der Waals surface area contributed by atoms with Gasteiger partial charge in [0.15, 0.2) is 16.6 Å². The Hall–Kier alpha value is -2.81. The lowest BCUT2D eigenvalue weighted by Gasteiger charge is -2.13. The summed E-state index contributed by atoms with van der Waals surface area (Å²) in [5, 5.41) is 4.75. The highest BCUT2D eigenvalue weighted by molar-refractivity contribution is 7.14. The highest BCUT2D eigenvalue weighted by atomic mass is 32.1. The quantitative estimate of drug-likeness (QED) is 0.703. The van der Waals surface area contributed by atoms with E-state index < -0.39 is 5.91 Å². The van der Waals surface area contributed by atoms with Gasteiger partial charge in [0.2, 0.25) is 0 Å². The molecule has 0 bridgehead atoms. The Morgan fingerprint density at radius 2 is 1.73 bits per heavy atom. The van der Waals surface area contributed by atoms with Crippen LogP contribution in [-0.2, 0) is 16.0 Å². The molecule has 0 aliphatic carbocycles. The maximum absolute atomic E-state index is 12.6. The zero-order valence-electron chi connectivity index (χ0n) is 15.0. The normalized spacial score (nSPS) is 10.2. The SMILES string of the molecule is CCOC(=O)Cc1csc(NC(=O)c2cc(OC)c(OC)cc2OC)n1. The topological polar surface area (TPSA) is 96.0 Å². The van der Waals surface area contributed by atoms with E-state index in [0.29, 0.717) is 34.7 Å². The van der Waals surface area contributed by atoms with Gasteiger partial charge in [-0.15, -0.1) is 11.3 Å². The number of hydrogen-bond donors (Lipinski definition) is 1. The molecule has 0 radical (unpaired) electrons. The van der Waals surface area contributed by atoms with Gasteiger partial charge in [0.1, 0.15) is 5.75 Å². The van der Waals surface area contributed by atoms with E-state index in [1.165, 1.54) is 38.7 Å². The molecule has 0 aliphatic rings. The van der Waals surface area contributed by atoms with Crippen molar-refractivity contribution in [2.24, 2.45) is 0 Å². The van der Waals surface area contributed by atoms with Gasteiger partial charge in [-0.25, -0.2) is 4.98 Å². The lowest BCUT2D eigenvalue weighted by atomic mass is 10.1. The van der Waals surface area contributed by atoms with Crippen molar-refractivity contribution in [1.82, 2.24) is 4.98 Å². The fourth-order valence-corrected chi connectivity index (χ4v) is 2.88. The molecule has 2 aromatic rings. The molecule has 0 saturated heterocycles. The third-order valence-electron chi connectivity index (χ3n) is 3.35. The van der Waals surface area contributed by atoms with Crippen molar-refractivity contribution in [3.05, 3.63) is 28.8 Å². The van der Waals surface area contributed by atoms with Crippen LogP contribution in [0.25, 0.3) is 0 Å². The maximum atomic E-state index is 12.6. The van der Waals surface area contributed by atoms with Gasteiger partial charge in [0, 0.05) is 17.5 Å². The molecule has 0 fully saturated rings. The number of hydrogen-bond acceptors (Lipinski definition) is 8. The second kappa shape index (κ2) is 9.04. The van der Waals surface area contributed by atoms with Crippen LogP contribution in [0.15, 0.2) is 17.5 Å². The molecule has 2 rings (SSSR count). The Balaban J connectivity index is 2.17. The molecule has 9 heteroatoms. The van der Waals surface area contributed by atoms with E-state index in [-0.39, 0.29) is 18.0 Å². The van der Waals surface area contributed by atoms with Crippen LogP contribution in [0.2, 0.25) is 0 Å². The van der Waals surface area contributed by atoms with Gasteiger partial charge < -0.3 is 18.9 Å². The standard InChI is InChI=1S/C17H20N2O6S/c1-5-25-15(20)6-10-9-26-17(18-10)19-16(21)11-7-13(23-3)14(24-4)8-12(11)22-2/h7-9H,5-6H2,1-4H3,(H,18,19,21). The first-order valence-electron chi connectivity index (χ1n) is 7.73. The molecule has 140 valence electrons. The molecule has 0 spiro atoms. The van der Waals surface area contributed by atoms with E-state index in [1.54, 1.807) is 18.4 Å². The minimum absolute atomic E-state index is 0.0554. The van der Waals surface area contributed by atoms with E-state index in [4.69, 9.17) is 18.9 Å². The molecule has 8 nitrogen and oxygen atoms in total. The van der Waals surface area contributed by atoms with Gasteiger partial charge in [0.25, 0.3) is 5.91 Å². The number of rotatable bonds is 8. The number of amides is 1. The van der Waals surface area contributed by atoms with Gasteiger partial charge in [-0.1, -0.05) is 0 Å². The molecule has 0 saturated carbocycles. The van der Waals surface area contributed by atoms with Crippen LogP contribution in [0.1, 0.15) is 23.0 Å². The van der Waals surface area contributed by atoms with E-state index >= 15 is 0 Å². The van der Waals surface area contributed by atoms with Gasteiger partial charge in [-0.3, -0.25) is 14.9 Å². The number of esters is 1. The number of benzene rings is 1. The third-order valence-corrected chi connectivity index (χ3v) is 4.16. The summed E-state index contributed by atoms with van der Waals surface area (Å²) in [4.78, 5) is 28.3. The van der Waals surface area contributed by atoms with Crippen molar-refractivity contribution in [1.29, 1.82) is 0 Å². The number of thiazole rings is 1. The van der Waals surface area contributed by atoms with Crippen molar-refractivity contribution in [2.75, 3.05) is 33.3 Å². The Morgan fingerprint density at radius 1 is 1.08 bits per heavy atom.